The van der Waals surface area contributed by atoms with E-state index in [1.54, 1.807) is 6.07 Å². The van der Waals surface area contributed by atoms with Gasteiger partial charge in [-0.25, -0.2) is 0 Å². The number of rotatable bonds is 7. The molecule has 0 aliphatic carbocycles. The van der Waals surface area contributed by atoms with Crippen molar-refractivity contribution in [3.8, 4) is 17.2 Å². The number of carbonyl (C=O) groups is 2. The Hall–Kier alpha value is -4.19. The zero-order chi connectivity index (χ0) is 23.7. The molecule has 32 heavy (non-hydrogen) atoms. The van der Waals surface area contributed by atoms with E-state index in [-0.39, 0.29) is 16.4 Å². The van der Waals surface area contributed by atoms with Crippen molar-refractivity contribution in [1.82, 2.24) is 16.2 Å². The Labute approximate surface area is 188 Å². The van der Waals surface area contributed by atoms with E-state index in [4.69, 9.17) is 26.4 Å². The number of amides is 2. The Morgan fingerprint density at radius 3 is 2.25 bits per heavy atom. The van der Waals surface area contributed by atoms with Gasteiger partial charge in [0.15, 0.2) is 16.6 Å². The van der Waals surface area contributed by atoms with Crippen LogP contribution in [0.2, 0.25) is 0 Å². The van der Waals surface area contributed by atoms with Crippen LogP contribution in [0.4, 0.5) is 5.69 Å². The fraction of sp³-hybridized carbons (Fsp3) is 0.150. The minimum absolute atomic E-state index is 0.0979. The molecule has 2 aromatic carbocycles. The smallest absolute Gasteiger partial charge is 0.270 e. The molecule has 0 spiro atoms. The monoisotopic (exact) mass is 460 g/mol. The second kappa shape index (κ2) is 11.3. The van der Waals surface area contributed by atoms with Crippen molar-refractivity contribution in [2.45, 2.75) is 0 Å². The van der Waals surface area contributed by atoms with Crippen molar-refractivity contribution in [3.63, 3.8) is 0 Å². The molecule has 0 heterocycles. The lowest BCUT2D eigenvalue weighted by atomic mass is 10.1. The van der Waals surface area contributed by atoms with E-state index in [0.717, 1.165) is 6.08 Å². The number of methoxy groups -OCH3 is 3. The lowest BCUT2D eigenvalue weighted by Crippen LogP contribution is -2.48. The quantitative estimate of drug-likeness (QED) is 0.245. The summed E-state index contributed by atoms with van der Waals surface area (Å²) in [5, 5.41) is 13.0. The molecule has 0 bridgehead atoms. The molecule has 2 amide bonds. The van der Waals surface area contributed by atoms with Crippen LogP contribution in [0.3, 0.4) is 0 Å². The fourth-order valence-corrected chi connectivity index (χ4v) is 2.65. The van der Waals surface area contributed by atoms with Gasteiger partial charge in [-0.05, 0) is 36.0 Å². The van der Waals surface area contributed by atoms with E-state index in [0.29, 0.717) is 22.8 Å². The van der Waals surface area contributed by atoms with E-state index in [1.165, 1.54) is 57.7 Å². The van der Waals surface area contributed by atoms with E-state index in [1.807, 2.05) is 0 Å². The molecule has 0 unspecified atom stereocenters. The van der Waals surface area contributed by atoms with E-state index < -0.39 is 16.7 Å². The van der Waals surface area contributed by atoms with Crippen LogP contribution in [0.25, 0.3) is 6.08 Å². The molecule has 168 valence electrons. The van der Waals surface area contributed by atoms with Gasteiger partial charge in [-0.3, -0.25) is 35.9 Å². The molecule has 0 aliphatic heterocycles. The number of hydrazine groups is 1. The highest BCUT2D eigenvalue weighted by Gasteiger charge is 2.17. The Morgan fingerprint density at radius 1 is 1.03 bits per heavy atom. The first-order valence-corrected chi connectivity index (χ1v) is 9.33. The van der Waals surface area contributed by atoms with Crippen LogP contribution >= 0.6 is 12.2 Å². The summed E-state index contributed by atoms with van der Waals surface area (Å²) >= 11 is 4.97. The Kier molecular flexibility index (Phi) is 8.48. The van der Waals surface area contributed by atoms with Crippen molar-refractivity contribution in [3.05, 3.63) is 63.7 Å². The van der Waals surface area contributed by atoms with Gasteiger partial charge in [0.1, 0.15) is 0 Å². The van der Waals surface area contributed by atoms with Crippen LogP contribution in [0.15, 0.2) is 42.5 Å². The highest BCUT2D eigenvalue weighted by molar-refractivity contribution is 7.80. The van der Waals surface area contributed by atoms with Gasteiger partial charge in [-0.15, -0.1) is 0 Å². The van der Waals surface area contributed by atoms with Gasteiger partial charge in [0, 0.05) is 23.8 Å². The topological polar surface area (TPSA) is 141 Å². The molecule has 0 aliphatic rings. The fourth-order valence-electron chi connectivity index (χ4n) is 2.50. The van der Waals surface area contributed by atoms with Crippen molar-refractivity contribution >= 4 is 40.9 Å². The molecule has 12 heteroatoms. The number of nitrogens with one attached hydrogen (secondary N) is 3. The van der Waals surface area contributed by atoms with Crippen LogP contribution < -0.4 is 30.4 Å². The summed E-state index contributed by atoms with van der Waals surface area (Å²) in [6, 6.07) is 8.65. The number of nitro benzene ring substituents is 1. The molecule has 11 nitrogen and oxygen atoms in total. The average molecular weight is 460 g/mol. The number of nitrogens with zero attached hydrogens (tertiary/aromatic N) is 1. The summed E-state index contributed by atoms with van der Waals surface area (Å²) in [6.45, 7) is 0. The molecular weight excluding hydrogens is 440 g/mol. The largest absolute Gasteiger partial charge is 0.493 e. The van der Waals surface area contributed by atoms with Crippen LogP contribution in [0, 0.1) is 10.1 Å². The zero-order valence-electron chi connectivity index (χ0n) is 17.3. The standard InChI is InChI=1S/C20H20N4O7S/c1-29-15-10-13(11-16(30-2)18(15)31-3)19(26)22-23-20(32)21-17(25)8-7-12-5-4-6-14(9-12)24(27)28/h4-11H,1-3H3,(H,22,26)(H2,21,23,25,32)/b8-7+. The molecular formula is C20H20N4O7S. The maximum Gasteiger partial charge on any atom is 0.270 e. The first kappa shape index (κ1) is 24.1. The van der Waals surface area contributed by atoms with Crippen molar-refractivity contribution in [2.24, 2.45) is 0 Å². The van der Waals surface area contributed by atoms with Gasteiger partial charge in [0.2, 0.25) is 11.7 Å². The first-order valence-electron chi connectivity index (χ1n) is 8.92. The van der Waals surface area contributed by atoms with Gasteiger partial charge in [0.05, 0.1) is 26.3 Å². The number of hydrogen-bond acceptors (Lipinski definition) is 8. The Bertz CT molecular complexity index is 1050. The number of carbonyl (C=O) groups excluding carboxylic acids is 2. The number of nitro groups is 1. The van der Waals surface area contributed by atoms with Gasteiger partial charge < -0.3 is 14.2 Å². The number of ether oxygens (including phenoxy) is 3. The predicted molar refractivity (Wildman–Crippen MR) is 120 cm³/mol. The average Bonchev–Trinajstić information content (AvgIpc) is 2.80. The summed E-state index contributed by atoms with van der Waals surface area (Å²) in [5.41, 5.74) is 5.29. The van der Waals surface area contributed by atoms with Crippen molar-refractivity contribution in [2.75, 3.05) is 21.3 Å². The van der Waals surface area contributed by atoms with Crippen molar-refractivity contribution < 1.29 is 28.7 Å². The van der Waals surface area contributed by atoms with E-state index >= 15 is 0 Å². The third-order valence-electron chi connectivity index (χ3n) is 3.96. The normalized spacial score (nSPS) is 10.2. The van der Waals surface area contributed by atoms with E-state index in [2.05, 4.69) is 16.2 Å². The predicted octanol–water partition coefficient (Wildman–Crippen LogP) is 1.97. The molecule has 0 radical (unpaired) electrons. The maximum atomic E-state index is 12.4. The summed E-state index contributed by atoms with van der Waals surface area (Å²) < 4.78 is 15.6. The van der Waals surface area contributed by atoms with Crippen LogP contribution in [-0.4, -0.2) is 43.2 Å². The Balaban J connectivity index is 1.95. The molecule has 2 rings (SSSR count). The van der Waals surface area contributed by atoms with Gasteiger partial charge in [0.25, 0.3) is 11.6 Å². The second-order valence-electron chi connectivity index (χ2n) is 6.00. The molecule has 0 atom stereocenters. The van der Waals surface area contributed by atoms with Crippen LogP contribution in [0.1, 0.15) is 15.9 Å². The third-order valence-corrected chi connectivity index (χ3v) is 4.17. The van der Waals surface area contributed by atoms with Gasteiger partial charge >= 0.3 is 0 Å². The summed E-state index contributed by atoms with van der Waals surface area (Å²) in [5.74, 6) is -0.264. The molecule has 0 saturated heterocycles. The van der Waals surface area contributed by atoms with Crippen LogP contribution in [-0.2, 0) is 4.79 Å². The lowest BCUT2D eigenvalue weighted by Gasteiger charge is -2.14. The highest BCUT2D eigenvalue weighted by atomic mass is 32.1. The van der Waals surface area contributed by atoms with E-state index in [9.17, 15) is 19.7 Å². The number of benzene rings is 2. The number of non-ortho nitro benzene ring substituents is 1. The molecule has 3 N–H and O–H groups in total. The SMILES string of the molecule is COc1cc(C(=O)NNC(=S)NC(=O)/C=C/c2cccc([N+](=O)[O-])c2)cc(OC)c1OC. The summed E-state index contributed by atoms with van der Waals surface area (Å²) in [7, 11) is 4.28. The lowest BCUT2D eigenvalue weighted by molar-refractivity contribution is -0.384. The van der Waals surface area contributed by atoms with Gasteiger partial charge in [-0.1, -0.05) is 12.1 Å². The minimum Gasteiger partial charge on any atom is -0.493 e. The molecule has 0 aromatic heterocycles. The molecule has 0 saturated carbocycles. The summed E-state index contributed by atoms with van der Waals surface area (Å²) in [6.07, 6.45) is 2.54. The molecule has 0 fully saturated rings. The number of hydrogen-bond donors (Lipinski definition) is 3. The highest BCUT2D eigenvalue weighted by Crippen LogP contribution is 2.38. The van der Waals surface area contributed by atoms with Gasteiger partial charge in [-0.2, -0.15) is 0 Å². The minimum atomic E-state index is -0.601. The second-order valence-corrected chi connectivity index (χ2v) is 6.41. The zero-order valence-corrected chi connectivity index (χ0v) is 18.1. The van der Waals surface area contributed by atoms with Crippen LogP contribution in [0.5, 0.6) is 17.2 Å². The Morgan fingerprint density at radius 2 is 1.69 bits per heavy atom. The molecule has 2 aromatic rings. The number of thiocarbonyl (C=S) groups is 1. The first-order chi connectivity index (χ1) is 15.3. The third kappa shape index (κ3) is 6.40. The maximum absolute atomic E-state index is 12.4. The summed E-state index contributed by atoms with van der Waals surface area (Å²) in [4.78, 5) is 34.6. The van der Waals surface area contributed by atoms with Crippen molar-refractivity contribution in [1.29, 1.82) is 0 Å².